The van der Waals surface area contributed by atoms with Crippen molar-refractivity contribution in [1.29, 1.82) is 0 Å². The zero-order valence-electron chi connectivity index (χ0n) is 14.0. The minimum Gasteiger partial charge on any atom is -0.478 e. The van der Waals surface area contributed by atoms with Gasteiger partial charge in [-0.25, -0.2) is 9.78 Å². The van der Waals surface area contributed by atoms with Gasteiger partial charge in [-0.1, -0.05) is 17.8 Å². The second-order valence-corrected chi connectivity index (χ2v) is 7.02. The third kappa shape index (κ3) is 4.60. The molecule has 0 spiro atoms. The lowest BCUT2D eigenvalue weighted by atomic mass is 9.97. The Morgan fingerprint density at radius 3 is 2.59 bits per heavy atom. The third-order valence-electron chi connectivity index (χ3n) is 4.23. The molecular weight excluding hydrogens is 381 g/mol. The number of halogens is 3. The number of carboxylic acid groups (broad SMARTS) is 1. The summed E-state index contributed by atoms with van der Waals surface area (Å²) >= 11 is 1.07. The van der Waals surface area contributed by atoms with Crippen molar-refractivity contribution in [2.45, 2.75) is 24.2 Å². The summed E-state index contributed by atoms with van der Waals surface area (Å²) < 4.78 is 37.6. The Balaban J connectivity index is 1.60. The number of benzene rings is 1. The summed E-state index contributed by atoms with van der Waals surface area (Å²) in [6.07, 6.45) is -3.07. The van der Waals surface area contributed by atoms with Gasteiger partial charge in [-0.15, -0.1) is 0 Å². The van der Waals surface area contributed by atoms with Crippen LogP contribution in [0.2, 0.25) is 0 Å². The zero-order valence-corrected chi connectivity index (χ0v) is 14.8. The Labute approximate surface area is 157 Å². The van der Waals surface area contributed by atoms with E-state index in [0.717, 1.165) is 35.2 Å². The van der Waals surface area contributed by atoms with E-state index in [1.807, 2.05) is 0 Å². The highest BCUT2D eigenvalue weighted by molar-refractivity contribution is 7.99. The van der Waals surface area contributed by atoms with E-state index in [2.05, 4.69) is 4.98 Å². The largest absolute Gasteiger partial charge is 0.478 e. The van der Waals surface area contributed by atoms with Crippen LogP contribution in [0.15, 0.2) is 41.6 Å². The first-order chi connectivity index (χ1) is 12.7. The molecule has 0 aliphatic carbocycles. The molecule has 0 radical (unpaired) electrons. The van der Waals surface area contributed by atoms with Gasteiger partial charge in [-0.05, 0) is 41.8 Å². The lowest BCUT2D eigenvalue weighted by molar-refractivity contribution is -0.138. The van der Waals surface area contributed by atoms with E-state index in [1.54, 1.807) is 23.1 Å². The van der Waals surface area contributed by atoms with Crippen molar-refractivity contribution in [2.24, 2.45) is 0 Å². The van der Waals surface area contributed by atoms with E-state index in [0.29, 0.717) is 24.5 Å². The second kappa shape index (κ2) is 7.59. The normalized spacial score (nSPS) is 14.0. The first-order valence-electron chi connectivity index (χ1n) is 8.03. The van der Waals surface area contributed by atoms with Crippen molar-refractivity contribution in [2.75, 3.05) is 12.3 Å². The Hall–Kier alpha value is -2.55. The number of fused-ring (bicyclic) bond motifs is 1. The zero-order chi connectivity index (χ0) is 19.6. The molecule has 2 heterocycles. The van der Waals surface area contributed by atoms with Gasteiger partial charge in [0, 0.05) is 19.3 Å². The summed E-state index contributed by atoms with van der Waals surface area (Å²) in [5.41, 5.74) is 1.15. The van der Waals surface area contributed by atoms with E-state index in [1.165, 1.54) is 6.07 Å². The van der Waals surface area contributed by atoms with E-state index < -0.39 is 17.7 Å². The highest BCUT2D eigenvalue weighted by Gasteiger charge is 2.30. The van der Waals surface area contributed by atoms with Crippen molar-refractivity contribution < 1.29 is 27.9 Å². The van der Waals surface area contributed by atoms with Gasteiger partial charge in [-0.2, -0.15) is 13.2 Å². The van der Waals surface area contributed by atoms with Crippen LogP contribution in [0.5, 0.6) is 0 Å². The number of pyridine rings is 1. The Morgan fingerprint density at radius 1 is 1.19 bits per heavy atom. The molecule has 0 saturated heterocycles. The van der Waals surface area contributed by atoms with Crippen LogP contribution in [0, 0.1) is 0 Å². The Bertz CT molecular complexity index is 869. The molecular formula is C18H15F3N2O3S. The van der Waals surface area contributed by atoms with E-state index >= 15 is 0 Å². The highest BCUT2D eigenvalue weighted by Crippen LogP contribution is 2.29. The van der Waals surface area contributed by atoms with Crippen LogP contribution in [0.1, 0.15) is 27.0 Å². The number of hydrogen-bond acceptors (Lipinski definition) is 4. The van der Waals surface area contributed by atoms with Crippen LogP contribution >= 0.6 is 11.8 Å². The van der Waals surface area contributed by atoms with Crippen LogP contribution < -0.4 is 0 Å². The highest BCUT2D eigenvalue weighted by atomic mass is 32.2. The van der Waals surface area contributed by atoms with Crippen LogP contribution in [-0.2, 0) is 23.9 Å². The Kier molecular flexibility index (Phi) is 5.41. The fourth-order valence-electron chi connectivity index (χ4n) is 2.76. The number of aromatic nitrogens is 1. The smallest absolute Gasteiger partial charge is 0.417 e. The molecule has 9 heteroatoms. The molecule has 1 aromatic heterocycles. The van der Waals surface area contributed by atoms with Gasteiger partial charge in [0.15, 0.2) is 0 Å². The van der Waals surface area contributed by atoms with Gasteiger partial charge in [0.2, 0.25) is 5.91 Å². The minimum absolute atomic E-state index is 0.0479. The van der Waals surface area contributed by atoms with Crippen molar-refractivity contribution in [3.05, 3.63) is 58.8 Å². The van der Waals surface area contributed by atoms with Crippen molar-refractivity contribution in [3.63, 3.8) is 0 Å². The molecule has 0 bridgehead atoms. The van der Waals surface area contributed by atoms with E-state index in [-0.39, 0.29) is 17.2 Å². The molecule has 0 atom stereocenters. The molecule has 0 unspecified atom stereocenters. The molecule has 5 nitrogen and oxygen atoms in total. The predicted octanol–water partition coefficient (Wildman–Crippen LogP) is 3.48. The Morgan fingerprint density at radius 2 is 1.96 bits per heavy atom. The van der Waals surface area contributed by atoms with Crippen LogP contribution in [0.4, 0.5) is 13.2 Å². The number of hydrogen-bond donors (Lipinski definition) is 1. The van der Waals surface area contributed by atoms with Gasteiger partial charge in [0.05, 0.1) is 21.9 Å². The average molecular weight is 396 g/mol. The third-order valence-corrected chi connectivity index (χ3v) is 5.15. The molecule has 1 aromatic carbocycles. The average Bonchev–Trinajstić information content (AvgIpc) is 2.64. The molecule has 2 aromatic rings. The molecule has 1 amide bonds. The lowest BCUT2D eigenvalue weighted by Gasteiger charge is -2.29. The summed E-state index contributed by atoms with van der Waals surface area (Å²) in [7, 11) is 0. The summed E-state index contributed by atoms with van der Waals surface area (Å²) in [5, 5.41) is 9.42. The SMILES string of the molecule is O=C(O)c1ccc2c(c1)CN(C(=O)CSc1ccc(C(F)(F)F)cn1)CC2. The summed E-state index contributed by atoms with van der Waals surface area (Å²) in [6.45, 7) is 0.829. The number of amides is 1. The summed E-state index contributed by atoms with van der Waals surface area (Å²) in [4.78, 5) is 28.8. The number of aromatic carboxylic acids is 1. The molecule has 3 rings (SSSR count). The minimum atomic E-state index is -4.44. The quantitative estimate of drug-likeness (QED) is 0.802. The van der Waals surface area contributed by atoms with Crippen molar-refractivity contribution in [1.82, 2.24) is 9.88 Å². The fourth-order valence-corrected chi connectivity index (χ4v) is 3.51. The van der Waals surface area contributed by atoms with Gasteiger partial charge >= 0.3 is 12.1 Å². The number of thioether (sulfide) groups is 1. The molecule has 0 fully saturated rings. The molecule has 142 valence electrons. The monoisotopic (exact) mass is 396 g/mol. The summed E-state index contributed by atoms with van der Waals surface area (Å²) in [6, 6.07) is 7.06. The number of carbonyl (C=O) groups is 2. The van der Waals surface area contributed by atoms with E-state index in [9.17, 15) is 22.8 Å². The number of nitrogens with zero attached hydrogens (tertiary/aromatic N) is 2. The number of carbonyl (C=O) groups excluding carboxylic acids is 1. The van der Waals surface area contributed by atoms with Crippen molar-refractivity contribution in [3.8, 4) is 0 Å². The van der Waals surface area contributed by atoms with Crippen LogP contribution in [0.3, 0.4) is 0 Å². The standard InChI is InChI=1S/C18H15F3N2O3S/c19-18(20,21)14-3-4-15(22-8-14)27-10-16(24)23-6-5-11-1-2-12(17(25)26)7-13(11)9-23/h1-4,7-8H,5-6,9-10H2,(H,25,26). The molecule has 0 saturated carbocycles. The molecule has 27 heavy (non-hydrogen) atoms. The van der Waals surface area contributed by atoms with Crippen LogP contribution in [0.25, 0.3) is 0 Å². The number of rotatable bonds is 4. The van der Waals surface area contributed by atoms with Gasteiger partial charge < -0.3 is 10.0 Å². The van der Waals surface area contributed by atoms with Gasteiger partial charge in [-0.3, -0.25) is 4.79 Å². The fraction of sp³-hybridized carbons (Fsp3) is 0.278. The van der Waals surface area contributed by atoms with Gasteiger partial charge in [0.25, 0.3) is 0 Å². The topological polar surface area (TPSA) is 70.5 Å². The molecule has 1 aliphatic heterocycles. The van der Waals surface area contributed by atoms with E-state index in [4.69, 9.17) is 5.11 Å². The number of carboxylic acids is 1. The first kappa shape index (κ1) is 19.2. The molecule has 1 aliphatic rings. The maximum atomic E-state index is 12.5. The lowest BCUT2D eigenvalue weighted by Crippen LogP contribution is -2.37. The summed E-state index contributed by atoms with van der Waals surface area (Å²) in [5.74, 6) is -1.15. The first-order valence-corrected chi connectivity index (χ1v) is 9.01. The number of alkyl halides is 3. The van der Waals surface area contributed by atoms with Crippen molar-refractivity contribution >= 4 is 23.6 Å². The maximum Gasteiger partial charge on any atom is 0.417 e. The maximum absolute atomic E-state index is 12.5. The second-order valence-electron chi connectivity index (χ2n) is 6.03. The molecule has 1 N–H and O–H groups in total. The van der Waals surface area contributed by atoms with Crippen LogP contribution in [-0.4, -0.2) is 39.2 Å². The van der Waals surface area contributed by atoms with Gasteiger partial charge in [0.1, 0.15) is 0 Å². The predicted molar refractivity (Wildman–Crippen MR) is 92.5 cm³/mol.